The number of amides is 1. The number of benzene rings is 1. The third-order valence-corrected chi connectivity index (χ3v) is 3.08. The van der Waals surface area contributed by atoms with Gasteiger partial charge in [-0.25, -0.2) is 0 Å². The number of carbonyl (C=O) groups is 1. The second-order valence-electron chi connectivity index (χ2n) is 4.42. The molecule has 0 unspecified atom stereocenters. The Morgan fingerprint density at radius 3 is 2.58 bits per heavy atom. The zero-order valence-electron chi connectivity index (χ0n) is 11.2. The summed E-state index contributed by atoms with van der Waals surface area (Å²) in [6.07, 6.45) is 0. The molecule has 1 aromatic carbocycles. The lowest BCUT2D eigenvalue weighted by Crippen LogP contribution is -2.31. The Bertz CT molecular complexity index is 562. The lowest BCUT2D eigenvalue weighted by Gasteiger charge is -2.20. The fourth-order valence-corrected chi connectivity index (χ4v) is 1.88. The van der Waals surface area contributed by atoms with E-state index in [1.54, 1.807) is 11.8 Å². The molecule has 0 bridgehead atoms. The second kappa shape index (κ2) is 5.56. The average Bonchev–Trinajstić information content (AvgIpc) is 2.77. The van der Waals surface area contributed by atoms with Crippen LogP contribution in [-0.4, -0.2) is 27.5 Å². The van der Waals surface area contributed by atoms with Crippen LogP contribution in [0.4, 0.5) is 5.69 Å². The van der Waals surface area contributed by atoms with E-state index in [9.17, 15) is 4.79 Å². The molecular formula is C14H18N4O. The molecule has 1 amide bonds. The number of aryl methyl sites for hydroxylation is 1. The summed E-state index contributed by atoms with van der Waals surface area (Å²) in [5.74, 6) is -0.145. The Balaban J connectivity index is 2.18. The molecule has 0 fully saturated rings. The van der Waals surface area contributed by atoms with E-state index in [4.69, 9.17) is 5.73 Å². The van der Waals surface area contributed by atoms with Crippen molar-refractivity contribution in [3.8, 4) is 0 Å². The van der Waals surface area contributed by atoms with Gasteiger partial charge in [-0.15, -0.1) is 0 Å². The molecule has 0 saturated carbocycles. The van der Waals surface area contributed by atoms with Crippen LogP contribution >= 0.6 is 0 Å². The summed E-state index contributed by atoms with van der Waals surface area (Å²) in [6.45, 7) is 4.91. The summed E-state index contributed by atoms with van der Waals surface area (Å²) in [5.41, 5.74) is 8.38. The largest absolute Gasteiger partial charge is 0.395 e. The van der Waals surface area contributed by atoms with Gasteiger partial charge in [-0.2, -0.15) is 5.10 Å². The highest BCUT2D eigenvalue weighted by atomic mass is 16.2. The Labute approximate surface area is 112 Å². The summed E-state index contributed by atoms with van der Waals surface area (Å²) in [6, 6.07) is 9.86. The molecule has 2 rings (SSSR count). The molecule has 0 atom stereocenters. The molecule has 3 N–H and O–H groups in total. The predicted octanol–water partition coefficient (Wildman–Crippen LogP) is 1.96. The van der Waals surface area contributed by atoms with E-state index < -0.39 is 0 Å². The number of nitrogens with zero attached hydrogens (tertiary/aromatic N) is 2. The van der Waals surface area contributed by atoms with Gasteiger partial charge in [-0.3, -0.25) is 9.89 Å². The van der Waals surface area contributed by atoms with Crippen LogP contribution in [0.1, 0.15) is 28.7 Å². The number of aromatic amines is 1. The zero-order valence-corrected chi connectivity index (χ0v) is 11.2. The van der Waals surface area contributed by atoms with Gasteiger partial charge in [-0.05, 0) is 19.4 Å². The van der Waals surface area contributed by atoms with Crippen molar-refractivity contribution in [2.45, 2.75) is 20.4 Å². The van der Waals surface area contributed by atoms with E-state index in [1.807, 2.05) is 37.3 Å². The van der Waals surface area contributed by atoms with E-state index in [0.29, 0.717) is 24.5 Å². The number of rotatable bonds is 4. The molecule has 5 heteroatoms. The van der Waals surface area contributed by atoms with Gasteiger partial charge in [0, 0.05) is 13.1 Å². The van der Waals surface area contributed by atoms with Gasteiger partial charge < -0.3 is 10.6 Å². The van der Waals surface area contributed by atoms with Crippen molar-refractivity contribution in [1.82, 2.24) is 15.1 Å². The Morgan fingerprint density at radius 1 is 1.37 bits per heavy atom. The third-order valence-electron chi connectivity index (χ3n) is 3.08. The SMILES string of the molecule is CCN(Cc1ccccc1)C(=O)c1n[nH]c(C)c1N. The van der Waals surface area contributed by atoms with Gasteiger partial charge in [0.15, 0.2) is 5.69 Å². The second-order valence-corrected chi connectivity index (χ2v) is 4.42. The summed E-state index contributed by atoms with van der Waals surface area (Å²) in [4.78, 5) is 14.1. The molecule has 0 radical (unpaired) electrons. The molecule has 0 spiro atoms. The Kier molecular flexibility index (Phi) is 3.85. The fourth-order valence-electron chi connectivity index (χ4n) is 1.88. The molecular weight excluding hydrogens is 240 g/mol. The quantitative estimate of drug-likeness (QED) is 0.880. The van der Waals surface area contributed by atoms with Crippen molar-refractivity contribution in [1.29, 1.82) is 0 Å². The molecule has 0 aliphatic rings. The number of aromatic nitrogens is 2. The van der Waals surface area contributed by atoms with Gasteiger partial charge in [0.2, 0.25) is 0 Å². The number of H-pyrrole nitrogens is 1. The van der Waals surface area contributed by atoms with E-state index in [-0.39, 0.29) is 5.91 Å². The van der Waals surface area contributed by atoms with E-state index >= 15 is 0 Å². The molecule has 0 aliphatic heterocycles. The molecule has 0 saturated heterocycles. The molecule has 0 aliphatic carbocycles. The minimum atomic E-state index is -0.145. The van der Waals surface area contributed by atoms with Crippen molar-refractivity contribution >= 4 is 11.6 Å². The summed E-state index contributed by atoms with van der Waals surface area (Å²) in [5, 5.41) is 6.72. The van der Waals surface area contributed by atoms with Crippen LogP contribution < -0.4 is 5.73 Å². The number of hydrogen-bond acceptors (Lipinski definition) is 3. The highest BCUT2D eigenvalue weighted by Crippen LogP contribution is 2.16. The summed E-state index contributed by atoms with van der Waals surface area (Å²) < 4.78 is 0. The first-order valence-corrected chi connectivity index (χ1v) is 6.27. The molecule has 100 valence electrons. The van der Waals surface area contributed by atoms with Crippen molar-refractivity contribution in [2.75, 3.05) is 12.3 Å². The minimum absolute atomic E-state index is 0.145. The molecule has 19 heavy (non-hydrogen) atoms. The topological polar surface area (TPSA) is 75.0 Å². The zero-order chi connectivity index (χ0) is 13.8. The first-order chi connectivity index (χ1) is 9.13. The monoisotopic (exact) mass is 258 g/mol. The standard InChI is InChI=1S/C14H18N4O/c1-3-18(9-11-7-5-4-6-8-11)14(19)13-12(15)10(2)16-17-13/h4-8H,3,9,15H2,1-2H3,(H,16,17). The highest BCUT2D eigenvalue weighted by molar-refractivity contribution is 5.97. The molecule has 1 heterocycles. The normalized spacial score (nSPS) is 10.4. The smallest absolute Gasteiger partial charge is 0.276 e. The van der Waals surface area contributed by atoms with Crippen LogP contribution in [0.5, 0.6) is 0 Å². The number of nitrogen functional groups attached to an aromatic ring is 1. The van der Waals surface area contributed by atoms with E-state index in [0.717, 1.165) is 11.3 Å². The van der Waals surface area contributed by atoms with E-state index in [2.05, 4.69) is 10.2 Å². The van der Waals surface area contributed by atoms with E-state index in [1.165, 1.54) is 0 Å². The first-order valence-electron chi connectivity index (χ1n) is 6.27. The van der Waals surface area contributed by atoms with Crippen LogP contribution in [0, 0.1) is 6.92 Å². The van der Waals surface area contributed by atoms with Crippen molar-refractivity contribution in [2.24, 2.45) is 0 Å². The predicted molar refractivity (Wildman–Crippen MR) is 74.6 cm³/mol. The Hall–Kier alpha value is -2.30. The number of hydrogen-bond donors (Lipinski definition) is 2. The summed E-state index contributed by atoms with van der Waals surface area (Å²) in [7, 11) is 0. The first kappa shape index (κ1) is 13.1. The number of nitrogens with two attached hydrogens (primary N) is 1. The molecule has 1 aromatic heterocycles. The maximum Gasteiger partial charge on any atom is 0.276 e. The van der Waals surface area contributed by atoms with Crippen LogP contribution in [0.15, 0.2) is 30.3 Å². The minimum Gasteiger partial charge on any atom is -0.395 e. The maximum absolute atomic E-state index is 12.4. The average molecular weight is 258 g/mol. The maximum atomic E-state index is 12.4. The van der Waals surface area contributed by atoms with Gasteiger partial charge in [0.05, 0.1) is 11.4 Å². The van der Waals surface area contributed by atoms with Crippen molar-refractivity contribution in [3.63, 3.8) is 0 Å². The highest BCUT2D eigenvalue weighted by Gasteiger charge is 2.20. The number of anilines is 1. The third kappa shape index (κ3) is 2.76. The van der Waals surface area contributed by atoms with Crippen LogP contribution in [0.3, 0.4) is 0 Å². The summed E-state index contributed by atoms with van der Waals surface area (Å²) >= 11 is 0. The van der Waals surface area contributed by atoms with Crippen molar-refractivity contribution in [3.05, 3.63) is 47.3 Å². The molecule has 2 aromatic rings. The fraction of sp³-hybridized carbons (Fsp3) is 0.286. The lowest BCUT2D eigenvalue weighted by atomic mass is 10.2. The Morgan fingerprint density at radius 2 is 2.05 bits per heavy atom. The van der Waals surface area contributed by atoms with Gasteiger partial charge in [-0.1, -0.05) is 30.3 Å². The van der Waals surface area contributed by atoms with Crippen LogP contribution in [0.2, 0.25) is 0 Å². The van der Waals surface area contributed by atoms with Crippen molar-refractivity contribution < 1.29 is 4.79 Å². The lowest BCUT2D eigenvalue weighted by molar-refractivity contribution is 0.0747. The number of nitrogens with one attached hydrogen (secondary N) is 1. The van der Waals surface area contributed by atoms with Gasteiger partial charge >= 0.3 is 0 Å². The number of carbonyl (C=O) groups excluding carboxylic acids is 1. The van der Waals surface area contributed by atoms with Crippen LogP contribution in [-0.2, 0) is 6.54 Å². The van der Waals surface area contributed by atoms with Gasteiger partial charge in [0.1, 0.15) is 0 Å². The van der Waals surface area contributed by atoms with Gasteiger partial charge in [0.25, 0.3) is 5.91 Å². The molecule has 5 nitrogen and oxygen atoms in total. The van der Waals surface area contributed by atoms with Crippen LogP contribution in [0.25, 0.3) is 0 Å².